The molecule has 22 heavy (non-hydrogen) atoms. The molecule has 0 bridgehead atoms. The first-order valence-electron chi connectivity index (χ1n) is 6.71. The Morgan fingerprint density at radius 3 is 2.73 bits per heavy atom. The Hall–Kier alpha value is -2.39. The number of aromatic nitrogens is 1. The summed E-state index contributed by atoms with van der Waals surface area (Å²) in [6.07, 6.45) is 3.48. The van der Waals surface area contributed by atoms with Crippen LogP contribution in [0, 0.1) is 18.3 Å². The topological polar surface area (TPSA) is 71.9 Å². The number of nitriles is 1. The Balaban J connectivity index is 2.45. The number of Topliss-reactive ketones (excluding diaryl/α,β-unsaturated/α-hetero) is 1. The third kappa shape index (κ3) is 3.26. The quantitative estimate of drug-likeness (QED) is 0.383. The summed E-state index contributed by atoms with van der Waals surface area (Å²) >= 11 is 1.52. The average molecular weight is 314 g/mol. The summed E-state index contributed by atoms with van der Waals surface area (Å²) in [6.45, 7) is 2.01. The third-order valence-corrected chi connectivity index (χ3v) is 3.60. The number of rotatable bonds is 5. The Bertz CT molecular complexity index is 783. The standard InChI is InChI=1S/C16H18N4OS/c1-10-5-11-6-15(16(21)12(8-17)9-20(2)3)18-14(11)7-13(10)19-22-4/h5-7,9,18-19H,1-4H3/b12-9+. The molecule has 0 saturated carbocycles. The average Bonchev–Trinajstić information content (AvgIpc) is 2.87. The van der Waals surface area contributed by atoms with E-state index in [1.165, 1.54) is 18.1 Å². The molecule has 0 aliphatic heterocycles. The second-order valence-electron chi connectivity index (χ2n) is 5.19. The minimum atomic E-state index is -0.301. The van der Waals surface area contributed by atoms with E-state index in [9.17, 15) is 4.79 Å². The number of aryl methyl sites for hydroxylation is 1. The first kappa shape index (κ1) is 16.0. The number of anilines is 1. The van der Waals surface area contributed by atoms with Gasteiger partial charge in [0.1, 0.15) is 11.6 Å². The summed E-state index contributed by atoms with van der Waals surface area (Å²) in [5.41, 5.74) is 3.50. The van der Waals surface area contributed by atoms with Crippen LogP contribution in [-0.2, 0) is 0 Å². The lowest BCUT2D eigenvalue weighted by atomic mass is 10.1. The van der Waals surface area contributed by atoms with Gasteiger partial charge in [-0.1, -0.05) is 11.9 Å². The van der Waals surface area contributed by atoms with Crippen LogP contribution in [0.15, 0.2) is 30.0 Å². The number of benzene rings is 1. The van der Waals surface area contributed by atoms with Gasteiger partial charge in [0.2, 0.25) is 5.78 Å². The van der Waals surface area contributed by atoms with Crippen molar-refractivity contribution >= 4 is 34.3 Å². The number of carbonyl (C=O) groups excluding carboxylic acids is 1. The maximum absolute atomic E-state index is 12.4. The number of nitrogens with zero attached hydrogens (tertiary/aromatic N) is 2. The van der Waals surface area contributed by atoms with Gasteiger partial charge in [0.05, 0.1) is 5.69 Å². The Morgan fingerprint density at radius 1 is 1.41 bits per heavy atom. The van der Waals surface area contributed by atoms with E-state index in [0.717, 1.165) is 22.2 Å². The van der Waals surface area contributed by atoms with Crippen molar-refractivity contribution in [3.63, 3.8) is 0 Å². The van der Waals surface area contributed by atoms with E-state index in [1.54, 1.807) is 25.1 Å². The second kappa shape index (κ2) is 6.58. The summed E-state index contributed by atoms with van der Waals surface area (Å²) in [5.74, 6) is -0.301. The number of H-pyrrole nitrogens is 1. The molecular formula is C16H18N4OS. The molecule has 0 aliphatic carbocycles. The lowest BCUT2D eigenvalue weighted by Crippen LogP contribution is -2.09. The molecule has 0 atom stereocenters. The van der Waals surface area contributed by atoms with E-state index in [-0.39, 0.29) is 11.4 Å². The van der Waals surface area contributed by atoms with Gasteiger partial charge in [-0.2, -0.15) is 5.26 Å². The minimum absolute atomic E-state index is 0.107. The molecule has 2 rings (SSSR count). The fourth-order valence-electron chi connectivity index (χ4n) is 2.18. The molecule has 1 aromatic carbocycles. The molecular weight excluding hydrogens is 296 g/mol. The number of carbonyl (C=O) groups is 1. The summed E-state index contributed by atoms with van der Waals surface area (Å²) < 4.78 is 3.21. The van der Waals surface area contributed by atoms with Crippen LogP contribution in [0.4, 0.5) is 5.69 Å². The molecule has 6 heteroatoms. The number of nitrogens with one attached hydrogen (secondary N) is 2. The molecule has 0 amide bonds. The maximum Gasteiger partial charge on any atom is 0.221 e. The fourth-order valence-corrected chi connectivity index (χ4v) is 2.62. The van der Waals surface area contributed by atoms with Crippen molar-refractivity contribution in [1.29, 1.82) is 5.26 Å². The van der Waals surface area contributed by atoms with Crippen LogP contribution in [0.2, 0.25) is 0 Å². The lowest BCUT2D eigenvalue weighted by molar-refractivity contribution is 0.103. The second-order valence-corrected chi connectivity index (χ2v) is 5.80. The first-order chi connectivity index (χ1) is 10.5. The van der Waals surface area contributed by atoms with Gasteiger partial charge in [-0.25, -0.2) is 0 Å². The molecule has 0 fully saturated rings. The van der Waals surface area contributed by atoms with Gasteiger partial charge in [-0.15, -0.1) is 0 Å². The largest absolute Gasteiger partial charge is 0.382 e. The number of hydrogen-bond acceptors (Lipinski definition) is 5. The van der Waals surface area contributed by atoms with Gasteiger partial charge in [-0.05, 0) is 30.7 Å². The molecule has 2 aromatic rings. The predicted molar refractivity (Wildman–Crippen MR) is 91.9 cm³/mol. The van der Waals surface area contributed by atoms with Crippen LogP contribution in [0.1, 0.15) is 16.1 Å². The smallest absolute Gasteiger partial charge is 0.221 e. The first-order valence-corrected chi connectivity index (χ1v) is 7.94. The van der Waals surface area contributed by atoms with Crippen molar-refractivity contribution < 1.29 is 4.79 Å². The maximum atomic E-state index is 12.4. The molecule has 0 radical (unpaired) electrons. The van der Waals surface area contributed by atoms with Crippen LogP contribution < -0.4 is 4.72 Å². The van der Waals surface area contributed by atoms with E-state index in [1.807, 2.05) is 31.4 Å². The monoisotopic (exact) mass is 314 g/mol. The molecule has 0 unspecified atom stereocenters. The zero-order valence-corrected chi connectivity index (χ0v) is 13.8. The highest BCUT2D eigenvalue weighted by Crippen LogP contribution is 2.26. The van der Waals surface area contributed by atoms with Crippen LogP contribution >= 0.6 is 11.9 Å². The molecule has 1 heterocycles. The molecule has 1 aromatic heterocycles. The summed E-state index contributed by atoms with van der Waals surface area (Å²) in [7, 11) is 3.55. The van der Waals surface area contributed by atoms with Crippen LogP contribution in [0.25, 0.3) is 10.9 Å². The van der Waals surface area contributed by atoms with Crippen molar-refractivity contribution in [2.45, 2.75) is 6.92 Å². The van der Waals surface area contributed by atoms with Crippen molar-refractivity contribution in [1.82, 2.24) is 9.88 Å². The van der Waals surface area contributed by atoms with E-state index in [4.69, 9.17) is 5.26 Å². The van der Waals surface area contributed by atoms with Gasteiger partial charge in [0.25, 0.3) is 0 Å². The van der Waals surface area contributed by atoms with Crippen molar-refractivity contribution in [3.05, 3.63) is 41.2 Å². The molecule has 0 spiro atoms. The van der Waals surface area contributed by atoms with Gasteiger partial charge in [-0.3, -0.25) is 4.79 Å². The SMILES string of the molecule is CSNc1cc2[nH]c(C(=O)/C(C#N)=C/N(C)C)cc2cc1C. The van der Waals surface area contributed by atoms with Crippen LogP contribution in [-0.4, -0.2) is 36.0 Å². The normalized spacial score (nSPS) is 11.3. The third-order valence-electron chi connectivity index (χ3n) is 3.17. The summed E-state index contributed by atoms with van der Waals surface area (Å²) in [4.78, 5) is 17.2. The van der Waals surface area contributed by atoms with Crippen molar-refractivity contribution in [3.8, 4) is 6.07 Å². The summed E-state index contributed by atoms with van der Waals surface area (Å²) in [5, 5.41) is 10.1. The van der Waals surface area contributed by atoms with Crippen molar-refractivity contribution in [2.24, 2.45) is 0 Å². The van der Waals surface area contributed by atoms with Crippen molar-refractivity contribution in [2.75, 3.05) is 25.1 Å². The van der Waals surface area contributed by atoms with Gasteiger partial charge >= 0.3 is 0 Å². The summed E-state index contributed by atoms with van der Waals surface area (Å²) in [6, 6.07) is 7.73. The van der Waals surface area contributed by atoms with Crippen LogP contribution in [0.3, 0.4) is 0 Å². The van der Waals surface area contributed by atoms with E-state index < -0.39 is 0 Å². The van der Waals surface area contributed by atoms with Gasteiger partial charge in [0.15, 0.2) is 0 Å². The number of hydrogen-bond donors (Lipinski definition) is 2. The minimum Gasteiger partial charge on any atom is -0.382 e. The molecule has 0 saturated heterocycles. The number of fused-ring (bicyclic) bond motifs is 1. The van der Waals surface area contributed by atoms with Crippen LogP contribution in [0.5, 0.6) is 0 Å². The van der Waals surface area contributed by atoms with Gasteiger partial charge in [0, 0.05) is 43.1 Å². The Morgan fingerprint density at radius 2 is 2.14 bits per heavy atom. The molecule has 5 nitrogen and oxygen atoms in total. The highest BCUT2D eigenvalue weighted by atomic mass is 32.2. The number of allylic oxidation sites excluding steroid dienone is 1. The zero-order chi connectivity index (χ0) is 16.3. The van der Waals surface area contributed by atoms with Gasteiger partial charge < -0.3 is 14.6 Å². The highest BCUT2D eigenvalue weighted by molar-refractivity contribution is 7.99. The Labute approximate surface area is 134 Å². The molecule has 2 N–H and O–H groups in total. The molecule has 114 valence electrons. The zero-order valence-electron chi connectivity index (χ0n) is 13.0. The predicted octanol–water partition coefficient (Wildman–Crippen LogP) is 3.32. The number of aromatic amines is 1. The fraction of sp³-hybridized carbons (Fsp3) is 0.250. The van der Waals surface area contributed by atoms with E-state index in [2.05, 4.69) is 9.71 Å². The van der Waals surface area contributed by atoms with E-state index in [0.29, 0.717) is 5.69 Å². The lowest BCUT2D eigenvalue weighted by Gasteiger charge is -2.06. The van der Waals surface area contributed by atoms with E-state index >= 15 is 0 Å². The number of ketones is 1. The highest BCUT2D eigenvalue weighted by Gasteiger charge is 2.15. The molecule has 0 aliphatic rings. The Kier molecular flexibility index (Phi) is 4.78.